The Morgan fingerprint density at radius 1 is 1.20 bits per heavy atom. The van der Waals surface area contributed by atoms with E-state index in [0.717, 1.165) is 12.3 Å². The van der Waals surface area contributed by atoms with Crippen molar-refractivity contribution in [3.8, 4) is 12.1 Å². The van der Waals surface area contributed by atoms with Crippen LogP contribution in [0, 0.1) is 22.7 Å². The number of nitrogens with two attached hydrogens (primary N) is 1. The highest BCUT2D eigenvalue weighted by Crippen LogP contribution is 2.22. The lowest BCUT2D eigenvalue weighted by atomic mass is 10.1. The summed E-state index contributed by atoms with van der Waals surface area (Å²) < 4.78 is 22.5. The summed E-state index contributed by atoms with van der Waals surface area (Å²) in [5, 5.41) is 17.4. The maximum absolute atomic E-state index is 11.2. The number of nitrogens with zero attached hydrogens (tertiary/aromatic N) is 2. The minimum Gasteiger partial charge on any atom is -0.398 e. The number of rotatable bonds is 1. The Bertz CT molecular complexity index is 591. The van der Waals surface area contributed by atoms with Gasteiger partial charge in [0, 0.05) is 6.26 Å². The van der Waals surface area contributed by atoms with Gasteiger partial charge in [-0.25, -0.2) is 8.42 Å². The number of sulfone groups is 1. The second-order valence-corrected chi connectivity index (χ2v) is 4.92. The first kappa shape index (κ1) is 11.0. The van der Waals surface area contributed by atoms with Crippen molar-refractivity contribution >= 4 is 15.5 Å². The topological polar surface area (TPSA) is 108 Å². The Hall–Kier alpha value is -2.05. The van der Waals surface area contributed by atoms with E-state index in [1.54, 1.807) is 12.1 Å². The molecule has 0 bridgehead atoms. The Morgan fingerprint density at radius 3 is 2.07 bits per heavy atom. The van der Waals surface area contributed by atoms with Gasteiger partial charge in [0.2, 0.25) is 0 Å². The molecule has 2 N–H and O–H groups in total. The molecule has 6 heteroatoms. The first-order chi connectivity index (χ1) is 6.90. The Morgan fingerprint density at radius 2 is 1.67 bits per heavy atom. The van der Waals surface area contributed by atoms with Gasteiger partial charge >= 0.3 is 0 Å². The van der Waals surface area contributed by atoms with Crippen LogP contribution in [-0.2, 0) is 9.84 Å². The van der Waals surface area contributed by atoms with Crippen molar-refractivity contribution in [1.82, 2.24) is 0 Å². The van der Waals surface area contributed by atoms with E-state index in [2.05, 4.69) is 0 Å². The van der Waals surface area contributed by atoms with E-state index in [0.29, 0.717) is 0 Å². The van der Waals surface area contributed by atoms with Crippen LogP contribution in [0.25, 0.3) is 0 Å². The standard InChI is InChI=1S/C9H7N3O2S/c1-15(13,14)9-3-7(5-11)6(4-10)2-8(9)12/h2-3H,12H2,1H3. The Balaban J connectivity index is 3.64. The van der Waals surface area contributed by atoms with E-state index < -0.39 is 9.84 Å². The molecule has 76 valence electrons. The SMILES string of the molecule is CS(=O)(=O)c1cc(C#N)c(C#N)cc1N. The average molecular weight is 221 g/mol. The van der Waals surface area contributed by atoms with Gasteiger partial charge in [-0.1, -0.05) is 0 Å². The fourth-order valence-corrected chi connectivity index (χ4v) is 1.92. The molecule has 0 spiro atoms. The Kier molecular flexibility index (Phi) is 2.65. The van der Waals surface area contributed by atoms with Crippen molar-refractivity contribution in [3.63, 3.8) is 0 Å². The number of hydrogen-bond donors (Lipinski definition) is 1. The molecule has 1 rings (SSSR count). The number of nitrogen functional groups attached to an aromatic ring is 1. The van der Waals surface area contributed by atoms with Crippen LogP contribution in [0.1, 0.15) is 11.1 Å². The molecule has 0 saturated carbocycles. The van der Waals surface area contributed by atoms with Gasteiger partial charge in [0.1, 0.15) is 12.1 Å². The fourth-order valence-electron chi connectivity index (χ4n) is 1.10. The minimum atomic E-state index is -3.48. The monoisotopic (exact) mass is 221 g/mol. The van der Waals surface area contributed by atoms with Crippen LogP contribution in [-0.4, -0.2) is 14.7 Å². The lowest BCUT2D eigenvalue weighted by molar-refractivity contribution is 0.602. The molecular weight excluding hydrogens is 214 g/mol. The van der Waals surface area contributed by atoms with E-state index in [1.165, 1.54) is 6.07 Å². The predicted octanol–water partition coefficient (Wildman–Crippen LogP) is 0.416. The van der Waals surface area contributed by atoms with Crippen LogP contribution >= 0.6 is 0 Å². The van der Waals surface area contributed by atoms with E-state index in [-0.39, 0.29) is 21.7 Å². The number of benzene rings is 1. The summed E-state index contributed by atoms with van der Waals surface area (Å²) in [6.07, 6.45) is 0.992. The molecule has 15 heavy (non-hydrogen) atoms. The van der Waals surface area contributed by atoms with Crippen LogP contribution in [0.3, 0.4) is 0 Å². The highest BCUT2D eigenvalue weighted by atomic mass is 32.2. The molecule has 0 unspecified atom stereocenters. The molecular formula is C9H7N3O2S. The third-order valence-electron chi connectivity index (χ3n) is 1.79. The normalized spacial score (nSPS) is 10.3. The van der Waals surface area contributed by atoms with Crippen molar-refractivity contribution in [2.75, 3.05) is 12.0 Å². The lowest BCUT2D eigenvalue weighted by Gasteiger charge is -2.04. The van der Waals surface area contributed by atoms with Crippen LogP contribution in [0.2, 0.25) is 0 Å². The molecule has 0 aliphatic rings. The van der Waals surface area contributed by atoms with Gasteiger partial charge in [-0.2, -0.15) is 10.5 Å². The molecule has 0 atom stereocenters. The first-order valence-corrected chi connectivity index (χ1v) is 5.73. The number of nitriles is 2. The highest BCUT2D eigenvalue weighted by molar-refractivity contribution is 7.90. The number of hydrogen-bond acceptors (Lipinski definition) is 5. The van der Waals surface area contributed by atoms with Crippen LogP contribution in [0.4, 0.5) is 5.69 Å². The molecule has 0 aromatic heterocycles. The molecule has 0 radical (unpaired) electrons. The van der Waals surface area contributed by atoms with Crippen molar-refractivity contribution in [2.24, 2.45) is 0 Å². The zero-order chi connectivity index (χ0) is 11.6. The zero-order valence-corrected chi connectivity index (χ0v) is 8.67. The van der Waals surface area contributed by atoms with Gasteiger partial charge in [-0.15, -0.1) is 0 Å². The minimum absolute atomic E-state index is 0.00660. The van der Waals surface area contributed by atoms with E-state index in [1.807, 2.05) is 0 Å². The maximum atomic E-state index is 11.2. The summed E-state index contributed by atoms with van der Waals surface area (Å²) in [6.45, 7) is 0. The third kappa shape index (κ3) is 2.06. The van der Waals surface area contributed by atoms with E-state index in [9.17, 15) is 8.42 Å². The molecule has 1 aromatic carbocycles. The molecule has 0 saturated heterocycles. The second kappa shape index (κ2) is 3.60. The van der Waals surface area contributed by atoms with Gasteiger partial charge < -0.3 is 5.73 Å². The summed E-state index contributed by atoms with van der Waals surface area (Å²) in [4.78, 5) is -0.127. The Labute approximate surface area is 87.3 Å². The summed E-state index contributed by atoms with van der Waals surface area (Å²) in [6, 6.07) is 5.82. The van der Waals surface area contributed by atoms with Gasteiger partial charge in [-0.05, 0) is 12.1 Å². The molecule has 0 aliphatic heterocycles. The van der Waals surface area contributed by atoms with Gasteiger partial charge in [0.05, 0.1) is 21.7 Å². The summed E-state index contributed by atoms with van der Waals surface area (Å²) in [7, 11) is -3.48. The van der Waals surface area contributed by atoms with E-state index in [4.69, 9.17) is 16.3 Å². The van der Waals surface area contributed by atoms with Gasteiger partial charge in [0.15, 0.2) is 9.84 Å². The molecule has 0 amide bonds. The fraction of sp³-hybridized carbons (Fsp3) is 0.111. The van der Waals surface area contributed by atoms with Gasteiger partial charge in [-0.3, -0.25) is 0 Å². The second-order valence-electron chi connectivity index (χ2n) is 2.93. The smallest absolute Gasteiger partial charge is 0.177 e. The summed E-state index contributed by atoms with van der Waals surface area (Å²) in [5.74, 6) is 0. The van der Waals surface area contributed by atoms with Gasteiger partial charge in [0.25, 0.3) is 0 Å². The largest absolute Gasteiger partial charge is 0.398 e. The lowest BCUT2D eigenvalue weighted by Crippen LogP contribution is -2.04. The van der Waals surface area contributed by atoms with Crippen molar-refractivity contribution in [2.45, 2.75) is 4.90 Å². The van der Waals surface area contributed by atoms with Crippen molar-refractivity contribution in [3.05, 3.63) is 23.3 Å². The third-order valence-corrected chi connectivity index (χ3v) is 2.94. The van der Waals surface area contributed by atoms with Crippen LogP contribution in [0.15, 0.2) is 17.0 Å². The average Bonchev–Trinajstić information content (AvgIpc) is 2.15. The molecule has 0 heterocycles. The van der Waals surface area contributed by atoms with Crippen molar-refractivity contribution < 1.29 is 8.42 Å². The molecule has 0 aliphatic carbocycles. The first-order valence-electron chi connectivity index (χ1n) is 3.84. The van der Waals surface area contributed by atoms with Crippen LogP contribution < -0.4 is 5.73 Å². The summed E-state index contributed by atoms with van der Waals surface area (Å²) >= 11 is 0. The maximum Gasteiger partial charge on any atom is 0.177 e. The quantitative estimate of drug-likeness (QED) is 0.691. The summed E-state index contributed by atoms with van der Waals surface area (Å²) in [5.41, 5.74) is 5.52. The molecule has 5 nitrogen and oxygen atoms in total. The highest BCUT2D eigenvalue weighted by Gasteiger charge is 2.15. The number of anilines is 1. The van der Waals surface area contributed by atoms with Crippen LogP contribution in [0.5, 0.6) is 0 Å². The molecule has 1 aromatic rings. The van der Waals surface area contributed by atoms with Crippen molar-refractivity contribution in [1.29, 1.82) is 10.5 Å². The zero-order valence-electron chi connectivity index (χ0n) is 7.85. The van der Waals surface area contributed by atoms with E-state index >= 15 is 0 Å². The predicted molar refractivity (Wildman–Crippen MR) is 53.4 cm³/mol. The molecule has 0 fully saturated rings.